The van der Waals surface area contributed by atoms with Gasteiger partial charge in [-0.2, -0.15) is 18.3 Å². The molecule has 8 nitrogen and oxygen atoms in total. The Bertz CT molecular complexity index is 1270. The Morgan fingerprint density at radius 2 is 2.00 bits per heavy atom. The molecule has 0 fully saturated rings. The molecule has 0 bridgehead atoms. The number of nitrogens with one attached hydrogen (secondary N) is 2. The van der Waals surface area contributed by atoms with Crippen molar-refractivity contribution in [3.05, 3.63) is 40.6 Å². The lowest BCUT2D eigenvalue weighted by atomic mass is 9.97. The number of carbonyl (C=O) groups is 1. The second-order valence-corrected chi connectivity index (χ2v) is 17.2. The minimum Gasteiger partial charge on any atom is -0.361 e. The monoisotopic (exact) mass is 522 g/mol. The summed E-state index contributed by atoms with van der Waals surface area (Å²) in [6, 6.07) is 0.996. The molecule has 1 amide bonds. The highest BCUT2D eigenvalue weighted by atomic mass is 28.3. The van der Waals surface area contributed by atoms with Crippen LogP contribution >= 0.6 is 0 Å². The highest BCUT2D eigenvalue weighted by Crippen LogP contribution is 2.43. The summed E-state index contributed by atoms with van der Waals surface area (Å²) in [4.78, 5) is 22.4. The van der Waals surface area contributed by atoms with Gasteiger partial charge in [0.15, 0.2) is 11.3 Å². The fourth-order valence-corrected chi connectivity index (χ4v) is 5.10. The first kappa shape index (κ1) is 26.3. The SMILES string of the molecule is CC(C)(C)NC(=O)c1cn(COCC[Si](C)(C)C)c2ncc(C3CCc4[nH]nc(C(F)(F)F)c43)nc12. The van der Waals surface area contributed by atoms with Crippen LogP contribution in [0.3, 0.4) is 0 Å². The third-order valence-corrected chi connectivity index (χ3v) is 7.79. The van der Waals surface area contributed by atoms with Crippen molar-refractivity contribution in [3.8, 4) is 0 Å². The molecule has 1 unspecified atom stereocenters. The Balaban J connectivity index is 1.71. The standard InChI is InChI=1S/C24H33F3N6O2Si/c1-23(2,3)30-22(34)15-12-33(13-35-9-10-36(4,5)6)21-19(15)29-17(11-28-21)14-7-8-16-18(14)20(32-31-16)24(25,26)27/h11-12,14H,7-10,13H2,1-6H3,(H,30,34)(H,31,32). The molecule has 1 aliphatic rings. The molecule has 4 rings (SSSR count). The van der Waals surface area contributed by atoms with Crippen LogP contribution < -0.4 is 5.32 Å². The number of aryl methyl sites for hydroxylation is 1. The number of nitrogens with zero attached hydrogens (tertiary/aromatic N) is 4. The van der Waals surface area contributed by atoms with E-state index in [1.807, 2.05) is 20.8 Å². The van der Waals surface area contributed by atoms with Crippen molar-refractivity contribution in [1.29, 1.82) is 0 Å². The maximum absolute atomic E-state index is 13.6. The molecular formula is C24H33F3N6O2Si. The van der Waals surface area contributed by atoms with Crippen molar-refractivity contribution in [3.63, 3.8) is 0 Å². The number of rotatable bonds is 7. The van der Waals surface area contributed by atoms with Crippen LogP contribution in [0, 0.1) is 0 Å². The Morgan fingerprint density at radius 3 is 2.64 bits per heavy atom. The van der Waals surface area contributed by atoms with Crippen LogP contribution in [0.5, 0.6) is 0 Å². The molecule has 1 aliphatic carbocycles. The molecule has 0 spiro atoms. The fraction of sp³-hybridized carbons (Fsp3) is 0.583. The topological polar surface area (TPSA) is 97.7 Å². The molecule has 0 aromatic carbocycles. The average molecular weight is 523 g/mol. The van der Waals surface area contributed by atoms with Crippen LogP contribution in [-0.2, 0) is 24.1 Å². The van der Waals surface area contributed by atoms with Crippen LogP contribution in [0.15, 0.2) is 12.4 Å². The summed E-state index contributed by atoms with van der Waals surface area (Å²) in [6.45, 7) is 13.2. The second kappa shape index (κ2) is 9.29. The van der Waals surface area contributed by atoms with E-state index in [0.29, 0.717) is 47.6 Å². The number of halogens is 3. The molecule has 36 heavy (non-hydrogen) atoms. The van der Waals surface area contributed by atoms with Crippen molar-refractivity contribution in [2.45, 2.75) is 83.7 Å². The van der Waals surface area contributed by atoms with Gasteiger partial charge in [0.1, 0.15) is 12.2 Å². The summed E-state index contributed by atoms with van der Waals surface area (Å²) in [5.74, 6) is -0.937. The number of alkyl halides is 3. The fourth-order valence-electron chi connectivity index (χ4n) is 4.34. The maximum Gasteiger partial charge on any atom is 0.435 e. The van der Waals surface area contributed by atoms with Gasteiger partial charge in [0.05, 0.1) is 17.5 Å². The molecule has 0 aliphatic heterocycles. The van der Waals surface area contributed by atoms with E-state index in [-0.39, 0.29) is 18.2 Å². The number of fused-ring (bicyclic) bond motifs is 2. The number of hydrogen-bond acceptors (Lipinski definition) is 5. The van der Waals surface area contributed by atoms with E-state index in [1.54, 1.807) is 10.8 Å². The first-order valence-corrected chi connectivity index (χ1v) is 15.7. The number of carbonyl (C=O) groups excluding carboxylic acids is 1. The Hall–Kier alpha value is -2.73. The van der Waals surface area contributed by atoms with Gasteiger partial charge in [-0.25, -0.2) is 9.97 Å². The Morgan fingerprint density at radius 1 is 1.28 bits per heavy atom. The third-order valence-electron chi connectivity index (χ3n) is 6.08. The van der Waals surface area contributed by atoms with E-state index in [4.69, 9.17) is 9.72 Å². The Kier molecular flexibility index (Phi) is 6.80. The number of H-pyrrole nitrogens is 1. The summed E-state index contributed by atoms with van der Waals surface area (Å²) in [5.41, 5.74) is 0.671. The number of aromatic nitrogens is 5. The lowest BCUT2D eigenvalue weighted by Gasteiger charge is -2.20. The van der Waals surface area contributed by atoms with E-state index in [0.717, 1.165) is 6.04 Å². The first-order valence-electron chi connectivity index (χ1n) is 12.0. The predicted octanol–water partition coefficient (Wildman–Crippen LogP) is 5.09. The van der Waals surface area contributed by atoms with Gasteiger partial charge >= 0.3 is 6.18 Å². The molecule has 0 radical (unpaired) electrons. The van der Waals surface area contributed by atoms with Crippen molar-refractivity contribution < 1.29 is 22.7 Å². The van der Waals surface area contributed by atoms with Crippen LogP contribution in [0.25, 0.3) is 11.2 Å². The van der Waals surface area contributed by atoms with Crippen LogP contribution in [0.1, 0.15) is 66.1 Å². The number of hydrogen-bond donors (Lipinski definition) is 2. The van der Waals surface area contributed by atoms with Gasteiger partial charge in [0.25, 0.3) is 5.91 Å². The molecule has 12 heteroatoms. The lowest BCUT2D eigenvalue weighted by molar-refractivity contribution is -0.141. The van der Waals surface area contributed by atoms with Crippen molar-refractivity contribution >= 4 is 25.1 Å². The summed E-state index contributed by atoms with van der Waals surface area (Å²) >= 11 is 0. The highest BCUT2D eigenvalue weighted by Gasteiger charge is 2.43. The van der Waals surface area contributed by atoms with Gasteiger partial charge < -0.3 is 14.6 Å². The van der Waals surface area contributed by atoms with Crippen LogP contribution in [-0.4, -0.2) is 50.9 Å². The van der Waals surface area contributed by atoms with Gasteiger partial charge in [-0.3, -0.25) is 9.89 Å². The molecule has 1 atom stereocenters. The first-order chi connectivity index (χ1) is 16.6. The van der Waals surface area contributed by atoms with Crippen molar-refractivity contribution in [2.75, 3.05) is 6.61 Å². The molecule has 2 N–H and O–H groups in total. The summed E-state index contributed by atoms with van der Waals surface area (Å²) in [7, 11) is -1.27. The van der Waals surface area contributed by atoms with E-state index in [1.165, 1.54) is 6.20 Å². The number of amides is 1. The van der Waals surface area contributed by atoms with Gasteiger partial charge in [-0.05, 0) is 39.7 Å². The normalized spacial score (nSPS) is 16.5. The minimum atomic E-state index is -4.57. The minimum absolute atomic E-state index is 0.117. The van der Waals surface area contributed by atoms with Crippen LogP contribution in [0.4, 0.5) is 13.2 Å². The average Bonchev–Trinajstić information content (AvgIpc) is 3.41. The van der Waals surface area contributed by atoms with E-state index >= 15 is 0 Å². The molecule has 0 saturated heterocycles. The zero-order chi connectivity index (χ0) is 26.5. The zero-order valence-corrected chi connectivity index (χ0v) is 22.5. The molecule has 3 aromatic heterocycles. The van der Waals surface area contributed by atoms with E-state index in [9.17, 15) is 18.0 Å². The summed E-state index contributed by atoms with van der Waals surface area (Å²) in [6.07, 6.45) is -0.524. The summed E-state index contributed by atoms with van der Waals surface area (Å²) < 4.78 is 48.4. The smallest absolute Gasteiger partial charge is 0.361 e. The largest absolute Gasteiger partial charge is 0.435 e. The molecule has 0 saturated carbocycles. The summed E-state index contributed by atoms with van der Waals surface area (Å²) in [5, 5.41) is 8.98. The number of ether oxygens (including phenoxy) is 1. The highest BCUT2D eigenvalue weighted by molar-refractivity contribution is 6.76. The Labute approximate surface area is 209 Å². The molecule has 196 valence electrons. The molecular weight excluding hydrogens is 489 g/mol. The zero-order valence-electron chi connectivity index (χ0n) is 21.5. The lowest BCUT2D eigenvalue weighted by Crippen LogP contribution is -2.40. The van der Waals surface area contributed by atoms with Gasteiger partial charge in [0.2, 0.25) is 0 Å². The third kappa shape index (κ3) is 5.64. The van der Waals surface area contributed by atoms with Crippen LogP contribution in [0.2, 0.25) is 25.7 Å². The van der Waals surface area contributed by atoms with Gasteiger partial charge in [-0.1, -0.05) is 19.6 Å². The van der Waals surface area contributed by atoms with Crippen molar-refractivity contribution in [2.24, 2.45) is 0 Å². The van der Waals surface area contributed by atoms with Gasteiger partial charge in [-0.15, -0.1) is 0 Å². The molecule has 3 aromatic rings. The van der Waals surface area contributed by atoms with E-state index < -0.39 is 31.4 Å². The number of aromatic amines is 1. The predicted molar refractivity (Wildman–Crippen MR) is 133 cm³/mol. The van der Waals surface area contributed by atoms with E-state index in [2.05, 4.69) is 40.1 Å². The van der Waals surface area contributed by atoms with Gasteiger partial charge in [0, 0.05) is 43.6 Å². The molecule has 3 heterocycles. The second-order valence-electron chi connectivity index (χ2n) is 11.6. The van der Waals surface area contributed by atoms with Crippen molar-refractivity contribution in [1.82, 2.24) is 30.0 Å². The maximum atomic E-state index is 13.6. The quantitative estimate of drug-likeness (QED) is 0.333.